The fourth-order valence-electron chi connectivity index (χ4n) is 9.52. The zero-order valence-corrected chi connectivity index (χ0v) is 33.9. The van der Waals surface area contributed by atoms with Crippen LogP contribution in [0.5, 0.6) is 0 Å². The van der Waals surface area contributed by atoms with E-state index >= 15 is 0 Å². The van der Waals surface area contributed by atoms with Crippen LogP contribution in [0.2, 0.25) is 0 Å². The molecule has 0 unspecified atom stereocenters. The minimum Gasteiger partial charge on any atom is -0.456 e. The molecule has 5 nitrogen and oxygen atoms in total. The van der Waals surface area contributed by atoms with E-state index in [0.717, 1.165) is 99.9 Å². The molecule has 0 amide bonds. The fourth-order valence-corrected chi connectivity index (χ4v) is 9.52. The summed E-state index contributed by atoms with van der Waals surface area (Å²) in [5.41, 5.74) is 15.9. The molecule has 0 aliphatic carbocycles. The van der Waals surface area contributed by atoms with Gasteiger partial charge in [-0.3, -0.25) is 0 Å². The smallest absolute Gasteiger partial charge is 0.160 e. The highest BCUT2D eigenvalue weighted by Gasteiger charge is 2.20. The second kappa shape index (κ2) is 14.0. The van der Waals surface area contributed by atoms with Crippen molar-refractivity contribution in [1.82, 2.24) is 14.5 Å². The average Bonchev–Trinajstić information content (AvgIpc) is 4.03. The Balaban J connectivity index is 0.966. The Labute approximate surface area is 361 Å². The Morgan fingerprint density at radius 2 is 0.905 bits per heavy atom. The summed E-state index contributed by atoms with van der Waals surface area (Å²) in [4.78, 5) is 10.4. The van der Waals surface area contributed by atoms with E-state index in [0.29, 0.717) is 5.82 Å². The van der Waals surface area contributed by atoms with Crippen LogP contribution in [-0.2, 0) is 0 Å². The first kappa shape index (κ1) is 35.2. The molecule has 5 heteroatoms. The standard InChI is InChI=1S/C58H35N3O2/c1-3-14-36(15-4-1)58-59-49(39-26-29-45-44-21-10-12-24-53(44)63-56(45)34-39)35-50(60-58)46-22-13-25-55-57(46)48-33-38(28-31-54(48)62-55)42-19-8-7-18-41(42)37-27-30-52-47(32-37)43-20-9-11-23-51(43)61(52)40-16-5-2-6-17-40/h1-35H. The highest BCUT2D eigenvalue weighted by molar-refractivity contribution is 6.14. The summed E-state index contributed by atoms with van der Waals surface area (Å²) in [6.45, 7) is 0. The zero-order chi connectivity index (χ0) is 41.4. The lowest BCUT2D eigenvalue weighted by atomic mass is 9.92. The maximum absolute atomic E-state index is 6.60. The normalized spacial score (nSPS) is 11.8. The molecular weight excluding hydrogens is 771 g/mol. The van der Waals surface area contributed by atoms with Crippen molar-refractivity contribution in [3.63, 3.8) is 0 Å². The molecule has 0 saturated heterocycles. The van der Waals surface area contributed by atoms with Crippen LogP contribution >= 0.6 is 0 Å². The summed E-state index contributed by atoms with van der Waals surface area (Å²) >= 11 is 0. The van der Waals surface area contributed by atoms with Crippen molar-refractivity contribution in [2.24, 2.45) is 0 Å². The van der Waals surface area contributed by atoms with Gasteiger partial charge >= 0.3 is 0 Å². The number of hydrogen-bond acceptors (Lipinski definition) is 4. The molecule has 0 saturated carbocycles. The maximum atomic E-state index is 6.60. The van der Waals surface area contributed by atoms with E-state index in [4.69, 9.17) is 18.8 Å². The highest BCUT2D eigenvalue weighted by Crippen LogP contribution is 2.43. The van der Waals surface area contributed by atoms with Crippen molar-refractivity contribution in [3.05, 3.63) is 212 Å². The van der Waals surface area contributed by atoms with Crippen LogP contribution in [-0.4, -0.2) is 14.5 Å². The molecule has 13 rings (SSSR count). The number of rotatable bonds is 6. The van der Waals surface area contributed by atoms with E-state index < -0.39 is 0 Å². The maximum Gasteiger partial charge on any atom is 0.160 e. The van der Waals surface area contributed by atoms with Crippen LogP contribution < -0.4 is 0 Å². The van der Waals surface area contributed by atoms with Gasteiger partial charge in [0, 0.05) is 54.7 Å². The first-order valence-electron chi connectivity index (χ1n) is 21.2. The molecule has 0 atom stereocenters. The van der Waals surface area contributed by atoms with Gasteiger partial charge in [-0.15, -0.1) is 0 Å². The van der Waals surface area contributed by atoms with Gasteiger partial charge in [0.1, 0.15) is 22.3 Å². The molecule has 0 radical (unpaired) electrons. The summed E-state index contributed by atoms with van der Waals surface area (Å²) in [5, 5.41) is 6.67. The van der Waals surface area contributed by atoms with Crippen LogP contribution in [0.3, 0.4) is 0 Å². The van der Waals surface area contributed by atoms with Gasteiger partial charge in [-0.25, -0.2) is 9.97 Å². The minimum atomic E-state index is 0.649. The monoisotopic (exact) mass is 805 g/mol. The molecule has 4 aromatic heterocycles. The van der Waals surface area contributed by atoms with Gasteiger partial charge < -0.3 is 13.4 Å². The highest BCUT2D eigenvalue weighted by atomic mass is 16.3. The van der Waals surface area contributed by atoms with Crippen LogP contribution in [0.4, 0.5) is 0 Å². The zero-order valence-electron chi connectivity index (χ0n) is 33.9. The fraction of sp³-hybridized carbons (Fsp3) is 0. The Bertz CT molecular complexity index is 3910. The number of benzene rings is 9. The topological polar surface area (TPSA) is 57.0 Å². The molecule has 4 heterocycles. The first-order chi connectivity index (χ1) is 31.2. The number of nitrogens with zero attached hydrogens (tertiary/aromatic N) is 3. The molecule has 294 valence electrons. The Hall–Kier alpha value is -8.54. The first-order valence-corrected chi connectivity index (χ1v) is 21.2. The Kier molecular flexibility index (Phi) is 7.84. The van der Waals surface area contributed by atoms with E-state index in [1.165, 1.54) is 21.8 Å². The molecule has 0 fully saturated rings. The summed E-state index contributed by atoms with van der Waals surface area (Å²) in [5.74, 6) is 0.649. The number of para-hydroxylation sites is 3. The lowest BCUT2D eigenvalue weighted by Gasteiger charge is -2.12. The molecular formula is C58H35N3O2. The molecule has 13 aromatic rings. The quantitative estimate of drug-likeness (QED) is 0.168. The molecule has 9 aromatic carbocycles. The van der Waals surface area contributed by atoms with Gasteiger partial charge in [-0.05, 0) is 95.1 Å². The lowest BCUT2D eigenvalue weighted by Crippen LogP contribution is -1.96. The summed E-state index contributed by atoms with van der Waals surface area (Å²) < 4.78 is 15.3. The van der Waals surface area contributed by atoms with E-state index in [9.17, 15) is 0 Å². The molecule has 0 spiro atoms. The van der Waals surface area contributed by atoms with Crippen molar-refractivity contribution < 1.29 is 8.83 Å². The number of fused-ring (bicyclic) bond motifs is 9. The van der Waals surface area contributed by atoms with Crippen LogP contribution in [0.15, 0.2) is 221 Å². The van der Waals surface area contributed by atoms with Crippen molar-refractivity contribution in [2.45, 2.75) is 0 Å². The van der Waals surface area contributed by atoms with Gasteiger partial charge in [-0.1, -0.05) is 140 Å². The second-order valence-electron chi connectivity index (χ2n) is 16.1. The number of furan rings is 2. The summed E-state index contributed by atoms with van der Waals surface area (Å²) in [7, 11) is 0. The van der Waals surface area contributed by atoms with Crippen LogP contribution in [0.25, 0.3) is 128 Å². The molecule has 0 aliphatic heterocycles. The Morgan fingerprint density at radius 1 is 0.317 bits per heavy atom. The van der Waals surface area contributed by atoms with Gasteiger partial charge in [0.2, 0.25) is 0 Å². The SMILES string of the molecule is c1ccc(-c2nc(-c3ccc4c(c3)oc3ccccc34)cc(-c3cccc4oc5ccc(-c6ccccc6-c6ccc7c(c6)c6ccccc6n7-c6ccccc6)cc5c34)n2)cc1. The molecule has 0 aliphatic rings. The van der Waals surface area contributed by atoms with Gasteiger partial charge in [0.25, 0.3) is 0 Å². The van der Waals surface area contributed by atoms with Crippen molar-refractivity contribution in [1.29, 1.82) is 0 Å². The summed E-state index contributed by atoms with van der Waals surface area (Å²) in [6.07, 6.45) is 0. The van der Waals surface area contributed by atoms with E-state index in [1.54, 1.807) is 0 Å². The van der Waals surface area contributed by atoms with E-state index in [2.05, 4.69) is 168 Å². The van der Waals surface area contributed by atoms with Crippen LogP contribution in [0.1, 0.15) is 0 Å². The number of aromatic nitrogens is 3. The average molecular weight is 806 g/mol. The van der Waals surface area contributed by atoms with E-state index in [1.807, 2.05) is 48.5 Å². The largest absolute Gasteiger partial charge is 0.456 e. The molecule has 0 bridgehead atoms. The Morgan fingerprint density at radius 3 is 1.75 bits per heavy atom. The lowest BCUT2D eigenvalue weighted by molar-refractivity contribution is 0.668. The van der Waals surface area contributed by atoms with Gasteiger partial charge in [0.05, 0.1) is 22.4 Å². The predicted molar refractivity (Wildman–Crippen MR) is 258 cm³/mol. The van der Waals surface area contributed by atoms with Gasteiger partial charge in [-0.2, -0.15) is 0 Å². The minimum absolute atomic E-state index is 0.649. The van der Waals surface area contributed by atoms with Crippen molar-refractivity contribution in [2.75, 3.05) is 0 Å². The summed E-state index contributed by atoms with van der Waals surface area (Å²) in [6, 6.07) is 74.4. The third-order valence-electron chi connectivity index (χ3n) is 12.4. The third-order valence-corrected chi connectivity index (χ3v) is 12.4. The number of hydrogen-bond donors (Lipinski definition) is 0. The van der Waals surface area contributed by atoms with Gasteiger partial charge in [0.15, 0.2) is 5.82 Å². The van der Waals surface area contributed by atoms with Crippen LogP contribution in [0, 0.1) is 0 Å². The second-order valence-corrected chi connectivity index (χ2v) is 16.1. The third kappa shape index (κ3) is 5.71. The van der Waals surface area contributed by atoms with Crippen molar-refractivity contribution >= 4 is 65.7 Å². The van der Waals surface area contributed by atoms with Crippen molar-refractivity contribution in [3.8, 4) is 61.8 Å². The molecule has 0 N–H and O–H groups in total. The van der Waals surface area contributed by atoms with E-state index in [-0.39, 0.29) is 0 Å². The predicted octanol–water partition coefficient (Wildman–Crippen LogP) is 15.7. The molecule has 63 heavy (non-hydrogen) atoms.